The van der Waals surface area contributed by atoms with Gasteiger partial charge in [0.2, 0.25) is 0 Å². The number of hydrogen-bond donors (Lipinski definition) is 1. The first-order valence-corrected chi connectivity index (χ1v) is 6.91. The monoisotopic (exact) mass is 284 g/mol. The lowest BCUT2D eigenvalue weighted by molar-refractivity contribution is 0.107. The van der Waals surface area contributed by atoms with Gasteiger partial charge in [-0.05, 0) is 12.5 Å². The number of benzene rings is 1. The molecule has 114 valence electrons. The Bertz CT molecular complexity index is 377. The summed E-state index contributed by atoms with van der Waals surface area (Å²) < 4.78 is 24.2. The largest absolute Gasteiger partial charge is 0.385 e. The maximum Gasteiger partial charge on any atom is 0.128 e. The summed E-state index contributed by atoms with van der Waals surface area (Å²) in [5, 5.41) is 0. The highest BCUT2D eigenvalue weighted by Gasteiger charge is 2.21. The Labute approximate surface area is 120 Å². The minimum absolute atomic E-state index is 0.136. The van der Waals surface area contributed by atoms with E-state index in [1.165, 1.54) is 6.07 Å². The van der Waals surface area contributed by atoms with Crippen molar-refractivity contribution in [2.24, 2.45) is 5.73 Å². The highest BCUT2D eigenvalue weighted by Crippen LogP contribution is 2.22. The van der Waals surface area contributed by atoms with Crippen LogP contribution in [0.2, 0.25) is 0 Å². The first-order valence-electron chi connectivity index (χ1n) is 6.91. The Morgan fingerprint density at radius 2 is 1.85 bits per heavy atom. The maximum atomic E-state index is 14.0. The Morgan fingerprint density at radius 3 is 2.45 bits per heavy atom. The Morgan fingerprint density at radius 1 is 1.15 bits per heavy atom. The van der Waals surface area contributed by atoms with E-state index in [1.54, 1.807) is 26.4 Å². The summed E-state index contributed by atoms with van der Waals surface area (Å²) >= 11 is 0. The van der Waals surface area contributed by atoms with Gasteiger partial charge < -0.3 is 15.2 Å². The Hall–Kier alpha value is -1.01. The molecule has 20 heavy (non-hydrogen) atoms. The Balaban J connectivity index is 2.80. The van der Waals surface area contributed by atoms with Crippen molar-refractivity contribution in [3.8, 4) is 0 Å². The normalized spacial score (nSPS) is 12.8. The van der Waals surface area contributed by atoms with Crippen LogP contribution in [0.1, 0.15) is 18.0 Å². The minimum atomic E-state index is -0.211. The zero-order valence-corrected chi connectivity index (χ0v) is 12.3. The fourth-order valence-electron chi connectivity index (χ4n) is 2.26. The van der Waals surface area contributed by atoms with Gasteiger partial charge in [-0.3, -0.25) is 4.90 Å². The average molecular weight is 284 g/mol. The maximum absolute atomic E-state index is 14.0. The fraction of sp³-hybridized carbons (Fsp3) is 0.600. The number of nitrogens with two attached hydrogens (primary N) is 1. The molecule has 0 bridgehead atoms. The van der Waals surface area contributed by atoms with Crippen LogP contribution in [0.3, 0.4) is 0 Å². The van der Waals surface area contributed by atoms with Crippen LogP contribution >= 0.6 is 0 Å². The molecule has 1 rings (SSSR count). The van der Waals surface area contributed by atoms with Crippen molar-refractivity contribution in [3.63, 3.8) is 0 Å². The van der Waals surface area contributed by atoms with Crippen LogP contribution in [0.15, 0.2) is 24.3 Å². The first kappa shape index (κ1) is 17.0. The molecule has 1 atom stereocenters. The quantitative estimate of drug-likeness (QED) is 0.666. The second-order valence-corrected chi connectivity index (χ2v) is 4.65. The number of hydrogen-bond acceptors (Lipinski definition) is 4. The lowest BCUT2D eigenvalue weighted by Gasteiger charge is -2.31. The van der Waals surface area contributed by atoms with Gasteiger partial charge in [-0.15, -0.1) is 0 Å². The minimum Gasteiger partial charge on any atom is -0.385 e. The van der Waals surface area contributed by atoms with Gasteiger partial charge in [0.15, 0.2) is 0 Å². The molecule has 0 heterocycles. The van der Waals surface area contributed by atoms with Gasteiger partial charge in [0.05, 0.1) is 6.61 Å². The second-order valence-electron chi connectivity index (χ2n) is 4.65. The predicted molar refractivity (Wildman–Crippen MR) is 78.1 cm³/mol. The average Bonchev–Trinajstić information content (AvgIpc) is 2.46. The second kappa shape index (κ2) is 9.83. The summed E-state index contributed by atoms with van der Waals surface area (Å²) in [5.74, 6) is -0.211. The SMILES string of the molecule is COCCCN(CCOC)C(CN)c1ccccc1F. The van der Waals surface area contributed by atoms with Crippen LogP contribution in [-0.2, 0) is 9.47 Å². The van der Waals surface area contributed by atoms with Crippen molar-refractivity contribution in [1.29, 1.82) is 0 Å². The smallest absolute Gasteiger partial charge is 0.128 e. The lowest BCUT2D eigenvalue weighted by Crippen LogP contribution is -2.37. The number of halogens is 1. The van der Waals surface area contributed by atoms with Gasteiger partial charge >= 0.3 is 0 Å². The molecule has 0 aliphatic rings. The summed E-state index contributed by atoms with van der Waals surface area (Å²) in [5.41, 5.74) is 6.51. The van der Waals surface area contributed by atoms with E-state index < -0.39 is 0 Å². The van der Waals surface area contributed by atoms with Crippen LogP contribution in [-0.4, -0.2) is 52.0 Å². The van der Waals surface area contributed by atoms with E-state index in [9.17, 15) is 4.39 Å². The number of ether oxygens (including phenoxy) is 2. The van der Waals surface area contributed by atoms with Crippen LogP contribution in [0.5, 0.6) is 0 Å². The molecule has 0 aliphatic heterocycles. The molecule has 0 fully saturated rings. The van der Waals surface area contributed by atoms with E-state index in [-0.39, 0.29) is 11.9 Å². The molecule has 1 aromatic rings. The van der Waals surface area contributed by atoms with E-state index in [4.69, 9.17) is 15.2 Å². The van der Waals surface area contributed by atoms with Crippen molar-refractivity contribution < 1.29 is 13.9 Å². The molecule has 0 amide bonds. The van der Waals surface area contributed by atoms with Gasteiger partial charge in [0.25, 0.3) is 0 Å². The van der Waals surface area contributed by atoms with Gasteiger partial charge in [-0.2, -0.15) is 0 Å². The molecule has 0 saturated carbocycles. The topological polar surface area (TPSA) is 47.7 Å². The van der Waals surface area contributed by atoms with E-state index >= 15 is 0 Å². The lowest BCUT2D eigenvalue weighted by atomic mass is 10.0. The molecule has 1 unspecified atom stereocenters. The summed E-state index contributed by atoms with van der Waals surface area (Å²) in [6, 6.07) is 6.66. The summed E-state index contributed by atoms with van der Waals surface area (Å²) in [7, 11) is 3.34. The molecule has 0 saturated heterocycles. The highest BCUT2D eigenvalue weighted by atomic mass is 19.1. The van der Waals surface area contributed by atoms with Crippen LogP contribution < -0.4 is 5.73 Å². The number of nitrogens with zero attached hydrogens (tertiary/aromatic N) is 1. The molecule has 0 spiro atoms. The molecule has 0 aromatic heterocycles. The zero-order valence-electron chi connectivity index (χ0n) is 12.3. The first-order chi connectivity index (χ1) is 9.74. The third-order valence-corrected chi connectivity index (χ3v) is 3.30. The molecule has 2 N–H and O–H groups in total. The molecule has 1 aromatic carbocycles. The molecule has 5 heteroatoms. The van der Waals surface area contributed by atoms with Crippen LogP contribution in [0, 0.1) is 5.82 Å². The zero-order chi connectivity index (χ0) is 14.8. The number of rotatable bonds is 10. The summed E-state index contributed by atoms with van der Waals surface area (Å²) in [6.07, 6.45) is 0.880. The molecule has 0 aliphatic carbocycles. The van der Waals surface area contributed by atoms with Crippen molar-refractivity contribution in [2.75, 3.05) is 47.1 Å². The van der Waals surface area contributed by atoms with Gasteiger partial charge in [0.1, 0.15) is 5.82 Å². The highest BCUT2D eigenvalue weighted by molar-refractivity contribution is 5.21. The van der Waals surface area contributed by atoms with Crippen molar-refractivity contribution in [1.82, 2.24) is 4.90 Å². The van der Waals surface area contributed by atoms with Gasteiger partial charge in [-0.25, -0.2) is 4.39 Å². The van der Waals surface area contributed by atoms with Crippen molar-refractivity contribution >= 4 is 0 Å². The fourth-order valence-corrected chi connectivity index (χ4v) is 2.26. The molecule has 0 radical (unpaired) electrons. The van der Waals surface area contributed by atoms with Crippen molar-refractivity contribution in [3.05, 3.63) is 35.6 Å². The summed E-state index contributed by atoms with van der Waals surface area (Å²) in [4.78, 5) is 2.15. The third kappa shape index (κ3) is 5.17. The standard InChI is InChI=1S/C15H25FN2O2/c1-19-10-5-8-18(9-11-20-2)15(12-17)13-6-3-4-7-14(13)16/h3-4,6-7,15H,5,8-12,17H2,1-2H3. The van der Waals surface area contributed by atoms with E-state index in [0.29, 0.717) is 25.3 Å². The van der Waals surface area contributed by atoms with E-state index in [0.717, 1.165) is 19.5 Å². The van der Waals surface area contributed by atoms with Crippen LogP contribution in [0.4, 0.5) is 4.39 Å². The van der Waals surface area contributed by atoms with Gasteiger partial charge in [0, 0.05) is 52.1 Å². The summed E-state index contributed by atoms with van der Waals surface area (Å²) in [6.45, 7) is 3.16. The van der Waals surface area contributed by atoms with Crippen molar-refractivity contribution in [2.45, 2.75) is 12.5 Å². The Kier molecular flexibility index (Phi) is 8.37. The predicted octanol–water partition coefficient (Wildman–Crippen LogP) is 1.81. The molecule has 4 nitrogen and oxygen atoms in total. The van der Waals surface area contributed by atoms with E-state index in [1.807, 2.05) is 6.07 Å². The number of methoxy groups -OCH3 is 2. The van der Waals surface area contributed by atoms with E-state index in [2.05, 4.69) is 4.90 Å². The third-order valence-electron chi connectivity index (χ3n) is 3.30. The molecular weight excluding hydrogens is 259 g/mol. The molecular formula is C15H25FN2O2. The van der Waals surface area contributed by atoms with Gasteiger partial charge in [-0.1, -0.05) is 18.2 Å². The van der Waals surface area contributed by atoms with Crippen LogP contribution in [0.25, 0.3) is 0 Å².